The lowest BCUT2D eigenvalue weighted by Crippen LogP contribution is -2.48. The van der Waals surface area contributed by atoms with Gasteiger partial charge in [-0.1, -0.05) is 12.1 Å². The van der Waals surface area contributed by atoms with Gasteiger partial charge in [-0.05, 0) is 36.5 Å². The number of rotatable bonds is 2. The van der Waals surface area contributed by atoms with Crippen molar-refractivity contribution >= 4 is 17.8 Å². The predicted molar refractivity (Wildman–Crippen MR) is 87.3 cm³/mol. The molecule has 128 valence electrons. The number of ether oxygens (including phenoxy) is 1. The quantitative estimate of drug-likeness (QED) is 0.604. The van der Waals surface area contributed by atoms with Crippen LogP contribution in [0.4, 0.5) is 0 Å². The second-order valence-electron chi connectivity index (χ2n) is 6.40. The van der Waals surface area contributed by atoms with Crippen molar-refractivity contribution in [2.75, 3.05) is 27.2 Å². The number of benzene rings is 1. The van der Waals surface area contributed by atoms with Gasteiger partial charge in [0.1, 0.15) is 5.92 Å². The number of esters is 1. The summed E-state index contributed by atoms with van der Waals surface area (Å²) in [5.74, 6) is -1.09. The van der Waals surface area contributed by atoms with Crippen molar-refractivity contribution in [3.63, 3.8) is 0 Å². The van der Waals surface area contributed by atoms with E-state index in [4.69, 9.17) is 4.74 Å². The first kappa shape index (κ1) is 16.5. The van der Waals surface area contributed by atoms with Crippen molar-refractivity contribution in [2.24, 2.45) is 5.92 Å². The van der Waals surface area contributed by atoms with E-state index in [-0.39, 0.29) is 17.8 Å². The Kier molecular flexibility index (Phi) is 4.55. The zero-order chi connectivity index (χ0) is 17.3. The van der Waals surface area contributed by atoms with Gasteiger partial charge in [0.05, 0.1) is 12.7 Å². The number of methoxy groups -OCH3 is 1. The van der Waals surface area contributed by atoms with Gasteiger partial charge in [-0.15, -0.1) is 0 Å². The third-order valence-electron chi connectivity index (χ3n) is 4.94. The Labute approximate surface area is 141 Å². The van der Waals surface area contributed by atoms with Crippen molar-refractivity contribution in [1.29, 1.82) is 0 Å². The molecular weight excluding hydrogens is 308 g/mol. The van der Waals surface area contributed by atoms with E-state index >= 15 is 0 Å². The molecule has 3 rings (SSSR count). The summed E-state index contributed by atoms with van der Waals surface area (Å²) in [5, 5.41) is 0. The Morgan fingerprint density at radius 2 is 2.04 bits per heavy atom. The highest BCUT2D eigenvalue weighted by atomic mass is 16.5. The van der Waals surface area contributed by atoms with Crippen LogP contribution in [0.15, 0.2) is 18.2 Å². The summed E-state index contributed by atoms with van der Waals surface area (Å²) in [4.78, 5) is 40.3. The van der Waals surface area contributed by atoms with E-state index in [9.17, 15) is 14.4 Å². The molecule has 1 fully saturated rings. The molecule has 0 radical (unpaired) electrons. The van der Waals surface area contributed by atoms with E-state index in [0.717, 1.165) is 17.5 Å². The Bertz CT molecular complexity index is 686. The lowest BCUT2D eigenvalue weighted by molar-refractivity contribution is -0.149. The molecule has 1 aromatic carbocycles. The molecule has 2 aliphatic heterocycles. The van der Waals surface area contributed by atoms with Crippen LogP contribution in [0.3, 0.4) is 0 Å². The van der Waals surface area contributed by atoms with Crippen molar-refractivity contribution < 1.29 is 19.1 Å². The SMILES string of the molecule is COC(=O)c1cccc2c1CCN(C(=O)C1CCCN(C)C1=O)C2. The van der Waals surface area contributed by atoms with Gasteiger partial charge in [0, 0.05) is 26.7 Å². The third kappa shape index (κ3) is 2.88. The van der Waals surface area contributed by atoms with Crippen LogP contribution in [-0.4, -0.2) is 54.8 Å². The molecule has 0 aliphatic carbocycles. The van der Waals surface area contributed by atoms with Crippen molar-refractivity contribution in [3.05, 3.63) is 34.9 Å². The van der Waals surface area contributed by atoms with Crippen LogP contribution in [-0.2, 0) is 27.3 Å². The lowest BCUT2D eigenvalue weighted by Gasteiger charge is -2.35. The largest absolute Gasteiger partial charge is 0.465 e. The maximum atomic E-state index is 12.8. The number of nitrogens with zero attached hydrogens (tertiary/aromatic N) is 2. The lowest BCUT2D eigenvalue weighted by atomic mass is 9.91. The average molecular weight is 330 g/mol. The molecule has 1 unspecified atom stereocenters. The van der Waals surface area contributed by atoms with Gasteiger partial charge < -0.3 is 14.5 Å². The van der Waals surface area contributed by atoms with Gasteiger partial charge in [-0.25, -0.2) is 4.79 Å². The van der Waals surface area contributed by atoms with Crippen LogP contribution in [0.2, 0.25) is 0 Å². The Balaban J connectivity index is 1.79. The minimum atomic E-state index is -0.561. The molecular formula is C18H22N2O4. The Morgan fingerprint density at radius 3 is 2.79 bits per heavy atom. The van der Waals surface area contributed by atoms with Crippen LogP contribution in [0.1, 0.15) is 34.3 Å². The van der Waals surface area contributed by atoms with Gasteiger partial charge in [0.25, 0.3) is 0 Å². The number of fused-ring (bicyclic) bond motifs is 1. The number of carbonyl (C=O) groups is 3. The van der Waals surface area contributed by atoms with Crippen LogP contribution in [0.25, 0.3) is 0 Å². The molecule has 0 bridgehead atoms. The summed E-state index contributed by atoms with van der Waals surface area (Å²) in [6.07, 6.45) is 2.08. The number of carbonyl (C=O) groups excluding carboxylic acids is 3. The number of piperidine rings is 1. The highest BCUT2D eigenvalue weighted by Gasteiger charge is 2.36. The first-order valence-corrected chi connectivity index (χ1v) is 8.25. The molecule has 2 amide bonds. The second-order valence-corrected chi connectivity index (χ2v) is 6.40. The van der Waals surface area contributed by atoms with E-state index in [0.29, 0.717) is 38.0 Å². The zero-order valence-corrected chi connectivity index (χ0v) is 14.1. The first-order valence-electron chi connectivity index (χ1n) is 8.25. The van der Waals surface area contributed by atoms with Crippen LogP contribution in [0.5, 0.6) is 0 Å². The monoisotopic (exact) mass is 330 g/mol. The van der Waals surface area contributed by atoms with Crippen LogP contribution >= 0.6 is 0 Å². The maximum Gasteiger partial charge on any atom is 0.338 e. The number of hydrogen-bond acceptors (Lipinski definition) is 4. The summed E-state index contributed by atoms with van der Waals surface area (Å²) < 4.78 is 4.83. The normalized spacial score (nSPS) is 20.6. The highest BCUT2D eigenvalue weighted by molar-refractivity contribution is 6.00. The van der Waals surface area contributed by atoms with Gasteiger partial charge >= 0.3 is 5.97 Å². The fourth-order valence-electron chi connectivity index (χ4n) is 3.58. The summed E-state index contributed by atoms with van der Waals surface area (Å²) >= 11 is 0. The highest BCUT2D eigenvalue weighted by Crippen LogP contribution is 2.26. The van der Waals surface area contributed by atoms with Gasteiger partial charge in [0.15, 0.2) is 0 Å². The number of likely N-dealkylation sites (tertiary alicyclic amines) is 1. The predicted octanol–water partition coefficient (Wildman–Crippen LogP) is 1.23. The van der Waals surface area contributed by atoms with E-state index in [2.05, 4.69) is 0 Å². The molecule has 0 spiro atoms. The summed E-state index contributed by atoms with van der Waals surface area (Å²) in [6, 6.07) is 5.48. The summed E-state index contributed by atoms with van der Waals surface area (Å²) in [5.41, 5.74) is 2.46. The van der Waals surface area contributed by atoms with Crippen molar-refractivity contribution in [1.82, 2.24) is 9.80 Å². The standard InChI is InChI=1S/C18H22N2O4/c1-19-9-4-7-15(16(19)21)17(22)20-10-8-13-12(11-20)5-3-6-14(13)18(23)24-2/h3,5-6,15H,4,7-11H2,1-2H3. The molecule has 1 aromatic rings. The minimum absolute atomic E-state index is 0.0830. The van der Waals surface area contributed by atoms with Gasteiger partial charge in [-0.2, -0.15) is 0 Å². The second kappa shape index (κ2) is 6.63. The molecule has 1 atom stereocenters. The zero-order valence-electron chi connectivity index (χ0n) is 14.1. The average Bonchev–Trinajstić information content (AvgIpc) is 2.61. The maximum absolute atomic E-state index is 12.8. The van der Waals surface area contributed by atoms with Crippen molar-refractivity contribution in [2.45, 2.75) is 25.8 Å². The molecule has 6 heteroatoms. The molecule has 0 saturated carbocycles. The molecule has 24 heavy (non-hydrogen) atoms. The van der Waals surface area contributed by atoms with E-state index < -0.39 is 5.92 Å². The molecule has 6 nitrogen and oxygen atoms in total. The molecule has 0 N–H and O–H groups in total. The third-order valence-corrected chi connectivity index (χ3v) is 4.94. The number of hydrogen-bond donors (Lipinski definition) is 0. The molecule has 1 saturated heterocycles. The summed E-state index contributed by atoms with van der Waals surface area (Å²) in [7, 11) is 3.11. The van der Waals surface area contributed by atoms with E-state index in [1.165, 1.54) is 7.11 Å². The van der Waals surface area contributed by atoms with E-state index in [1.54, 1.807) is 29.0 Å². The topological polar surface area (TPSA) is 66.9 Å². The Hall–Kier alpha value is -2.37. The fraction of sp³-hybridized carbons (Fsp3) is 0.500. The van der Waals surface area contributed by atoms with Gasteiger partial charge in [0.2, 0.25) is 11.8 Å². The molecule has 2 aliphatic rings. The minimum Gasteiger partial charge on any atom is -0.465 e. The van der Waals surface area contributed by atoms with E-state index in [1.807, 2.05) is 6.07 Å². The number of amides is 2. The Morgan fingerprint density at radius 1 is 1.25 bits per heavy atom. The summed E-state index contributed by atoms with van der Waals surface area (Å²) in [6.45, 7) is 1.67. The molecule has 0 aromatic heterocycles. The smallest absolute Gasteiger partial charge is 0.338 e. The van der Waals surface area contributed by atoms with Crippen LogP contribution < -0.4 is 0 Å². The van der Waals surface area contributed by atoms with Crippen molar-refractivity contribution in [3.8, 4) is 0 Å². The van der Waals surface area contributed by atoms with Crippen LogP contribution in [0, 0.1) is 5.92 Å². The fourth-order valence-corrected chi connectivity index (χ4v) is 3.58. The van der Waals surface area contributed by atoms with Gasteiger partial charge in [-0.3, -0.25) is 9.59 Å². The molecule has 2 heterocycles. The first-order chi connectivity index (χ1) is 11.5.